The van der Waals surface area contributed by atoms with Gasteiger partial charge in [-0.1, -0.05) is 13.0 Å². The molecule has 0 spiro atoms. The second-order valence-electron chi connectivity index (χ2n) is 4.53. The average molecular weight is 270 g/mol. The molecule has 3 aromatic rings. The summed E-state index contributed by atoms with van der Waals surface area (Å²) in [5.74, 6) is 0.265. The van der Waals surface area contributed by atoms with Gasteiger partial charge in [-0.05, 0) is 24.6 Å². The van der Waals surface area contributed by atoms with E-state index >= 15 is 0 Å². The van der Waals surface area contributed by atoms with Gasteiger partial charge in [-0.3, -0.25) is 9.97 Å². The van der Waals surface area contributed by atoms with E-state index in [0.717, 1.165) is 16.7 Å². The summed E-state index contributed by atoms with van der Waals surface area (Å²) >= 11 is 1.55. The molecular formula is C14H14N4S. The third kappa shape index (κ3) is 2.17. The number of aryl methyl sites for hydroxylation is 1. The monoisotopic (exact) mass is 270 g/mol. The van der Waals surface area contributed by atoms with Crippen LogP contribution in [0.2, 0.25) is 0 Å². The Morgan fingerprint density at radius 1 is 1.16 bits per heavy atom. The number of anilines is 1. The second-order valence-corrected chi connectivity index (χ2v) is 5.59. The maximum absolute atomic E-state index is 5.77. The van der Waals surface area contributed by atoms with Crippen molar-refractivity contribution in [2.75, 3.05) is 5.73 Å². The standard InChI is InChI=1S/C14H14N4S/c1-8(13-9(2)18-14(15)19-13)10-3-4-11-12(7-10)17-6-5-16-11/h3-8H,1-2H3,(H2,15,18). The number of nitrogens with zero attached hydrogens (tertiary/aromatic N) is 3. The number of aromatic nitrogens is 3. The van der Waals surface area contributed by atoms with Gasteiger partial charge in [0.05, 0.1) is 16.7 Å². The predicted molar refractivity (Wildman–Crippen MR) is 78.3 cm³/mol. The number of nitrogens with two attached hydrogens (primary N) is 1. The fraction of sp³-hybridized carbons (Fsp3) is 0.214. The van der Waals surface area contributed by atoms with Crippen LogP contribution in [0.25, 0.3) is 11.0 Å². The number of hydrogen-bond donors (Lipinski definition) is 1. The molecule has 0 aliphatic heterocycles. The summed E-state index contributed by atoms with van der Waals surface area (Å²) < 4.78 is 0. The first-order chi connectivity index (χ1) is 9.15. The SMILES string of the molecule is Cc1nc(N)sc1C(C)c1ccc2nccnc2c1. The Balaban J connectivity index is 2.06. The van der Waals surface area contributed by atoms with Crippen LogP contribution in [0, 0.1) is 6.92 Å². The Morgan fingerprint density at radius 3 is 2.58 bits per heavy atom. The number of nitrogen functional groups attached to an aromatic ring is 1. The first-order valence-electron chi connectivity index (χ1n) is 6.08. The van der Waals surface area contributed by atoms with E-state index < -0.39 is 0 Å². The molecule has 0 radical (unpaired) electrons. The van der Waals surface area contributed by atoms with Gasteiger partial charge in [-0.25, -0.2) is 4.98 Å². The van der Waals surface area contributed by atoms with Crippen LogP contribution in [0.15, 0.2) is 30.6 Å². The van der Waals surface area contributed by atoms with Gasteiger partial charge in [0, 0.05) is 23.2 Å². The van der Waals surface area contributed by atoms with Crippen molar-refractivity contribution >= 4 is 27.5 Å². The third-order valence-electron chi connectivity index (χ3n) is 3.24. The molecule has 5 heteroatoms. The van der Waals surface area contributed by atoms with Crippen LogP contribution < -0.4 is 5.73 Å². The van der Waals surface area contributed by atoms with Gasteiger partial charge >= 0.3 is 0 Å². The molecule has 2 N–H and O–H groups in total. The molecule has 0 amide bonds. The second kappa shape index (κ2) is 4.59. The van der Waals surface area contributed by atoms with Gasteiger partial charge in [0.2, 0.25) is 0 Å². The van der Waals surface area contributed by atoms with Gasteiger partial charge in [-0.2, -0.15) is 0 Å². The van der Waals surface area contributed by atoms with Crippen LogP contribution in [-0.2, 0) is 0 Å². The van der Waals surface area contributed by atoms with E-state index in [2.05, 4.69) is 34.0 Å². The van der Waals surface area contributed by atoms with Gasteiger partial charge in [0.25, 0.3) is 0 Å². The summed E-state index contributed by atoms with van der Waals surface area (Å²) in [7, 11) is 0. The van der Waals surface area contributed by atoms with Crippen LogP contribution in [0.5, 0.6) is 0 Å². The van der Waals surface area contributed by atoms with Gasteiger partial charge < -0.3 is 5.73 Å². The summed E-state index contributed by atoms with van der Waals surface area (Å²) in [6.45, 7) is 4.16. The molecule has 2 heterocycles. The van der Waals surface area contributed by atoms with Crippen molar-refractivity contribution in [2.45, 2.75) is 19.8 Å². The normalized spacial score (nSPS) is 12.7. The average Bonchev–Trinajstić information content (AvgIpc) is 2.76. The summed E-state index contributed by atoms with van der Waals surface area (Å²) in [5, 5.41) is 0.625. The molecule has 0 saturated heterocycles. The minimum Gasteiger partial charge on any atom is -0.375 e. The molecule has 0 aliphatic carbocycles. The Hall–Kier alpha value is -2.01. The minimum atomic E-state index is 0.265. The number of benzene rings is 1. The zero-order chi connectivity index (χ0) is 13.4. The highest BCUT2D eigenvalue weighted by Crippen LogP contribution is 2.33. The lowest BCUT2D eigenvalue weighted by Crippen LogP contribution is -1.96. The summed E-state index contributed by atoms with van der Waals surface area (Å²) in [6.07, 6.45) is 3.42. The molecule has 19 heavy (non-hydrogen) atoms. The molecule has 0 bridgehead atoms. The van der Waals surface area contributed by atoms with Gasteiger partial charge in [0.15, 0.2) is 5.13 Å². The van der Waals surface area contributed by atoms with Crippen molar-refractivity contribution in [2.24, 2.45) is 0 Å². The number of fused-ring (bicyclic) bond motifs is 1. The van der Waals surface area contributed by atoms with E-state index in [9.17, 15) is 0 Å². The molecular weight excluding hydrogens is 256 g/mol. The Kier molecular flexibility index (Phi) is 2.91. The Labute approximate surface area is 115 Å². The number of hydrogen-bond acceptors (Lipinski definition) is 5. The maximum Gasteiger partial charge on any atom is 0.180 e. The molecule has 2 aromatic heterocycles. The van der Waals surface area contributed by atoms with E-state index in [4.69, 9.17) is 5.73 Å². The van der Waals surface area contributed by atoms with E-state index in [1.54, 1.807) is 23.7 Å². The molecule has 0 aliphatic rings. The maximum atomic E-state index is 5.77. The number of thiazole rings is 1. The van der Waals surface area contributed by atoms with Crippen LogP contribution in [0.3, 0.4) is 0 Å². The summed E-state index contributed by atoms with van der Waals surface area (Å²) in [6, 6.07) is 6.19. The molecule has 0 fully saturated rings. The zero-order valence-electron chi connectivity index (χ0n) is 10.8. The molecule has 4 nitrogen and oxygen atoms in total. The van der Waals surface area contributed by atoms with Gasteiger partial charge in [0.1, 0.15) is 0 Å². The minimum absolute atomic E-state index is 0.265. The fourth-order valence-electron chi connectivity index (χ4n) is 2.23. The van der Waals surface area contributed by atoms with Crippen LogP contribution in [0.1, 0.15) is 29.0 Å². The smallest absolute Gasteiger partial charge is 0.180 e. The molecule has 0 saturated carbocycles. The predicted octanol–water partition coefficient (Wildman–Crippen LogP) is 3.13. The van der Waals surface area contributed by atoms with E-state index in [0.29, 0.717) is 5.13 Å². The van der Waals surface area contributed by atoms with Crippen molar-refractivity contribution in [1.29, 1.82) is 0 Å². The highest BCUT2D eigenvalue weighted by Gasteiger charge is 2.15. The lowest BCUT2D eigenvalue weighted by molar-refractivity contribution is 0.928. The third-order valence-corrected chi connectivity index (χ3v) is 4.40. The highest BCUT2D eigenvalue weighted by atomic mass is 32.1. The van der Waals surface area contributed by atoms with E-state index in [1.807, 2.05) is 13.0 Å². The zero-order valence-corrected chi connectivity index (χ0v) is 11.6. The van der Waals surface area contributed by atoms with E-state index in [-0.39, 0.29) is 5.92 Å². The van der Waals surface area contributed by atoms with Crippen molar-refractivity contribution in [3.8, 4) is 0 Å². The lowest BCUT2D eigenvalue weighted by Gasteiger charge is -2.11. The van der Waals surface area contributed by atoms with E-state index in [1.165, 1.54) is 10.4 Å². The van der Waals surface area contributed by atoms with Crippen LogP contribution in [-0.4, -0.2) is 15.0 Å². The fourth-order valence-corrected chi connectivity index (χ4v) is 3.15. The quantitative estimate of drug-likeness (QED) is 0.777. The largest absolute Gasteiger partial charge is 0.375 e. The topological polar surface area (TPSA) is 64.7 Å². The van der Waals surface area contributed by atoms with Crippen LogP contribution in [0.4, 0.5) is 5.13 Å². The van der Waals surface area contributed by atoms with Crippen molar-refractivity contribution in [3.63, 3.8) is 0 Å². The van der Waals surface area contributed by atoms with Crippen molar-refractivity contribution < 1.29 is 0 Å². The highest BCUT2D eigenvalue weighted by molar-refractivity contribution is 7.15. The lowest BCUT2D eigenvalue weighted by atomic mass is 9.98. The van der Waals surface area contributed by atoms with Crippen LogP contribution >= 0.6 is 11.3 Å². The summed E-state index contributed by atoms with van der Waals surface area (Å²) in [5.41, 5.74) is 9.82. The Bertz CT molecular complexity index is 735. The molecule has 1 atom stereocenters. The summed E-state index contributed by atoms with van der Waals surface area (Å²) in [4.78, 5) is 14.1. The molecule has 1 aromatic carbocycles. The first-order valence-corrected chi connectivity index (χ1v) is 6.90. The number of rotatable bonds is 2. The van der Waals surface area contributed by atoms with Gasteiger partial charge in [-0.15, -0.1) is 11.3 Å². The van der Waals surface area contributed by atoms with Crippen molar-refractivity contribution in [3.05, 3.63) is 46.7 Å². The van der Waals surface area contributed by atoms with Crippen molar-refractivity contribution in [1.82, 2.24) is 15.0 Å². The Morgan fingerprint density at radius 2 is 1.89 bits per heavy atom. The molecule has 96 valence electrons. The first kappa shape index (κ1) is 12.0. The molecule has 1 unspecified atom stereocenters. The molecule has 3 rings (SSSR count).